The maximum absolute atomic E-state index is 12.9. The Labute approximate surface area is 176 Å². The van der Waals surface area contributed by atoms with Crippen LogP contribution in [0.25, 0.3) is 11.4 Å². The molecular formula is C21H19BrN4O3. The van der Waals surface area contributed by atoms with Crippen LogP contribution in [0.1, 0.15) is 17.9 Å². The molecule has 7 nitrogen and oxygen atoms in total. The highest BCUT2D eigenvalue weighted by atomic mass is 79.9. The maximum Gasteiger partial charge on any atom is 0.229 e. The number of aryl methyl sites for hydroxylation is 2. The van der Waals surface area contributed by atoms with Crippen LogP contribution in [0.2, 0.25) is 0 Å². The number of carbonyl (C=O) groups excluding carboxylic acids is 2. The van der Waals surface area contributed by atoms with E-state index in [9.17, 15) is 9.59 Å². The lowest BCUT2D eigenvalue weighted by Gasteiger charge is -2.18. The van der Waals surface area contributed by atoms with E-state index < -0.39 is 5.92 Å². The summed E-state index contributed by atoms with van der Waals surface area (Å²) in [7, 11) is 0. The zero-order chi connectivity index (χ0) is 20.5. The van der Waals surface area contributed by atoms with E-state index in [2.05, 4.69) is 31.4 Å². The molecular weight excluding hydrogens is 436 g/mol. The van der Waals surface area contributed by atoms with Gasteiger partial charge >= 0.3 is 0 Å². The molecule has 1 aliphatic rings. The van der Waals surface area contributed by atoms with Crippen LogP contribution in [0.3, 0.4) is 0 Å². The Balaban J connectivity index is 1.52. The van der Waals surface area contributed by atoms with Crippen molar-refractivity contribution >= 4 is 39.1 Å². The molecule has 2 heterocycles. The maximum atomic E-state index is 12.9. The fourth-order valence-electron chi connectivity index (χ4n) is 3.36. The zero-order valence-corrected chi connectivity index (χ0v) is 17.6. The van der Waals surface area contributed by atoms with Gasteiger partial charge in [0.25, 0.3) is 0 Å². The summed E-state index contributed by atoms with van der Waals surface area (Å²) in [6.45, 7) is 4.02. The van der Waals surface area contributed by atoms with E-state index in [0.29, 0.717) is 29.5 Å². The molecule has 1 aromatic heterocycles. The van der Waals surface area contributed by atoms with E-state index >= 15 is 0 Å². The number of carbonyl (C=O) groups is 2. The molecule has 1 fully saturated rings. The number of para-hydroxylation sites is 1. The molecule has 1 unspecified atom stereocenters. The van der Waals surface area contributed by atoms with Gasteiger partial charge in [-0.15, -0.1) is 0 Å². The van der Waals surface area contributed by atoms with Gasteiger partial charge in [0.05, 0.1) is 11.6 Å². The molecule has 4 rings (SSSR count). The molecule has 29 heavy (non-hydrogen) atoms. The smallest absolute Gasteiger partial charge is 0.229 e. The van der Waals surface area contributed by atoms with Crippen LogP contribution in [-0.2, 0) is 9.59 Å². The Kier molecular flexibility index (Phi) is 5.19. The van der Waals surface area contributed by atoms with Crippen molar-refractivity contribution in [1.82, 2.24) is 10.1 Å². The molecule has 0 spiro atoms. The van der Waals surface area contributed by atoms with Crippen LogP contribution in [0, 0.1) is 19.8 Å². The third-order valence-electron chi connectivity index (χ3n) is 4.90. The largest absolute Gasteiger partial charge is 0.339 e. The van der Waals surface area contributed by atoms with Crippen molar-refractivity contribution in [3.63, 3.8) is 0 Å². The number of halogens is 1. The third kappa shape index (κ3) is 3.93. The summed E-state index contributed by atoms with van der Waals surface area (Å²) in [5.41, 5.74) is 3.09. The van der Waals surface area contributed by atoms with Gasteiger partial charge in [-0.2, -0.15) is 4.98 Å². The summed E-state index contributed by atoms with van der Waals surface area (Å²) in [6, 6.07) is 13.0. The number of benzene rings is 2. The predicted octanol–water partition coefficient (Wildman–Crippen LogP) is 4.11. The van der Waals surface area contributed by atoms with Gasteiger partial charge in [-0.1, -0.05) is 33.2 Å². The number of nitrogens with one attached hydrogen (secondary N) is 1. The second kappa shape index (κ2) is 7.79. The average Bonchev–Trinajstić information content (AvgIpc) is 3.30. The first-order chi connectivity index (χ1) is 13.9. The highest BCUT2D eigenvalue weighted by molar-refractivity contribution is 9.10. The summed E-state index contributed by atoms with van der Waals surface area (Å²) >= 11 is 3.47. The van der Waals surface area contributed by atoms with Crippen molar-refractivity contribution in [2.45, 2.75) is 20.3 Å². The van der Waals surface area contributed by atoms with Crippen LogP contribution in [0.5, 0.6) is 0 Å². The first-order valence-electron chi connectivity index (χ1n) is 9.19. The van der Waals surface area contributed by atoms with E-state index in [1.54, 1.807) is 17.9 Å². The second-order valence-corrected chi connectivity index (χ2v) is 7.87. The molecule has 0 radical (unpaired) electrons. The van der Waals surface area contributed by atoms with Crippen molar-refractivity contribution in [3.8, 4) is 11.4 Å². The monoisotopic (exact) mass is 454 g/mol. The zero-order valence-electron chi connectivity index (χ0n) is 16.0. The topological polar surface area (TPSA) is 88.3 Å². The van der Waals surface area contributed by atoms with Gasteiger partial charge in [0.2, 0.25) is 23.5 Å². The van der Waals surface area contributed by atoms with Crippen LogP contribution < -0.4 is 10.2 Å². The Morgan fingerprint density at radius 3 is 2.76 bits per heavy atom. The molecule has 148 valence electrons. The number of anilines is 2. The SMILES string of the molecule is Cc1nc(-c2ccccc2NC(=O)C2CC(=O)N(c3ccc(Br)c(C)c3)C2)no1. The van der Waals surface area contributed by atoms with Crippen molar-refractivity contribution in [3.05, 3.63) is 58.4 Å². The number of rotatable bonds is 4. The molecule has 1 atom stereocenters. The average molecular weight is 455 g/mol. The molecule has 1 saturated heterocycles. The van der Waals surface area contributed by atoms with Crippen molar-refractivity contribution in [2.75, 3.05) is 16.8 Å². The first-order valence-corrected chi connectivity index (χ1v) is 9.99. The minimum Gasteiger partial charge on any atom is -0.339 e. The molecule has 1 N–H and O–H groups in total. The van der Waals surface area contributed by atoms with E-state index in [1.807, 2.05) is 43.3 Å². The number of hydrogen-bond donors (Lipinski definition) is 1. The number of aromatic nitrogens is 2. The minimum atomic E-state index is -0.438. The van der Waals surface area contributed by atoms with Crippen LogP contribution >= 0.6 is 15.9 Å². The number of nitrogens with zero attached hydrogens (tertiary/aromatic N) is 3. The fraction of sp³-hybridized carbons (Fsp3) is 0.238. The molecule has 2 amide bonds. The summed E-state index contributed by atoms with van der Waals surface area (Å²) in [4.78, 5) is 31.3. The quantitative estimate of drug-likeness (QED) is 0.640. The van der Waals surface area contributed by atoms with Gasteiger partial charge in [0.15, 0.2) is 0 Å². The highest BCUT2D eigenvalue weighted by Gasteiger charge is 2.35. The second-order valence-electron chi connectivity index (χ2n) is 7.01. The number of hydrogen-bond acceptors (Lipinski definition) is 5. The lowest BCUT2D eigenvalue weighted by Crippen LogP contribution is -2.28. The Morgan fingerprint density at radius 1 is 1.24 bits per heavy atom. The predicted molar refractivity (Wildman–Crippen MR) is 112 cm³/mol. The Bertz CT molecular complexity index is 1100. The van der Waals surface area contributed by atoms with Gasteiger partial charge < -0.3 is 14.7 Å². The fourth-order valence-corrected chi connectivity index (χ4v) is 3.61. The van der Waals surface area contributed by atoms with Gasteiger partial charge in [0, 0.05) is 35.6 Å². The molecule has 8 heteroatoms. The molecule has 0 bridgehead atoms. The van der Waals surface area contributed by atoms with Crippen LogP contribution in [-0.4, -0.2) is 28.5 Å². The van der Waals surface area contributed by atoms with Gasteiger partial charge in [-0.05, 0) is 42.8 Å². The molecule has 0 saturated carbocycles. The summed E-state index contributed by atoms with van der Waals surface area (Å²) in [5.74, 6) is 0.152. The van der Waals surface area contributed by atoms with Gasteiger partial charge in [0.1, 0.15) is 0 Å². The van der Waals surface area contributed by atoms with E-state index in [0.717, 1.165) is 15.7 Å². The number of amides is 2. The summed E-state index contributed by atoms with van der Waals surface area (Å²) in [6.07, 6.45) is 0.171. The normalized spacial score (nSPS) is 16.3. The molecule has 0 aliphatic carbocycles. The van der Waals surface area contributed by atoms with E-state index in [-0.39, 0.29) is 18.2 Å². The van der Waals surface area contributed by atoms with Crippen molar-refractivity contribution in [1.29, 1.82) is 0 Å². The Hall–Kier alpha value is -3.00. The summed E-state index contributed by atoms with van der Waals surface area (Å²) in [5, 5.41) is 6.85. The van der Waals surface area contributed by atoms with Gasteiger partial charge in [-0.3, -0.25) is 9.59 Å². The lowest BCUT2D eigenvalue weighted by atomic mass is 10.1. The van der Waals surface area contributed by atoms with E-state index in [1.165, 1.54) is 0 Å². The molecule has 1 aliphatic heterocycles. The highest BCUT2D eigenvalue weighted by Crippen LogP contribution is 2.30. The van der Waals surface area contributed by atoms with Crippen molar-refractivity contribution < 1.29 is 14.1 Å². The standard InChI is InChI=1S/C21H19BrN4O3/c1-12-9-15(7-8-17(12)22)26-11-14(10-19(26)27)21(28)24-18-6-4-3-5-16(18)20-23-13(2)29-25-20/h3-9,14H,10-11H2,1-2H3,(H,24,28). The summed E-state index contributed by atoms with van der Waals surface area (Å²) < 4.78 is 6.03. The molecule has 2 aromatic carbocycles. The van der Waals surface area contributed by atoms with Gasteiger partial charge in [-0.25, -0.2) is 0 Å². The van der Waals surface area contributed by atoms with Crippen LogP contribution in [0.4, 0.5) is 11.4 Å². The van der Waals surface area contributed by atoms with E-state index in [4.69, 9.17) is 4.52 Å². The Morgan fingerprint density at radius 2 is 2.03 bits per heavy atom. The molecule has 3 aromatic rings. The lowest BCUT2D eigenvalue weighted by molar-refractivity contribution is -0.122. The minimum absolute atomic E-state index is 0.0612. The first kappa shape index (κ1) is 19.3. The third-order valence-corrected chi connectivity index (χ3v) is 5.79. The van der Waals surface area contributed by atoms with Crippen molar-refractivity contribution in [2.24, 2.45) is 5.92 Å². The van der Waals surface area contributed by atoms with Crippen LogP contribution in [0.15, 0.2) is 51.5 Å².